The zero-order chi connectivity index (χ0) is 10.6. The van der Waals surface area contributed by atoms with Crippen LogP contribution in [-0.2, 0) is 52.2 Å². The maximum atomic E-state index is 10.3. The first-order valence-electron chi connectivity index (χ1n) is 3.17. The Kier molecular flexibility index (Phi) is 10.4. The molecule has 15 heavy (non-hydrogen) atoms. The molecule has 0 aromatic carbocycles. The van der Waals surface area contributed by atoms with Gasteiger partial charge in [-0.05, 0) is 0 Å². The zero-order valence-corrected chi connectivity index (χ0v) is 10.2. The summed E-state index contributed by atoms with van der Waals surface area (Å²) in [6, 6.07) is 0. The molecule has 89 valence electrons. The van der Waals surface area contributed by atoms with Gasteiger partial charge in [0.2, 0.25) is 0 Å². The Labute approximate surface area is 109 Å². The van der Waals surface area contributed by atoms with E-state index in [1.807, 2.05) is 0 Å². The molecule has 9 heteroatoms. The number of hydrogen-bond acceptors (Lipinski definition) is 4. The summed E-state index contributed by atoms with van der Waals surface area (Å²) in [5.41, 5.74) is -2.74. The molecule has 0 spiro atoms. The Balaban J connectivity index is -0.000000720. The summed E-state index contributed by atoms with van der Waals surface area (Å²) in [5, 5.41) is 33.8. The van der Waals surface area contributed by atoms with Crippen molar-refractivity contribution in [1.29, 1.82) is 0 Å². The quantitative estimate of drug-likeness (QED) is 0.457. The first-order chi connectivity index (χ1) is 5.78. The second-order valence-electron chi connectivity index (χ2n) is 2.48. The average molecular weight is 347 g/mol. The molecule has 0 aliphatic rings. The van der Waals surface area contributed by atoms with Crippen LogP contribution in [0.5, 0.6) is 0 Å². The maximum absolute atomic E-state index is 10.3. The van der Waals surface area contributed by atoms with E-state index in [0.29, 0.717) is 0 Å². The molecule has 0 saturated carbocycles. The largest absolute Gasteiger partial charge is 0.481 e. The molecule has 0 bridgehead atoms. The first kappa shape index (κ1) is 20.0. The van der Waals surface area contributed by atoms with Gasteiger partial charge in [-0.25, -0.2) is 4.79 Å². The van der Waals surface area contributed by atoms with Gasteiger partial charge >= 0.3 is 17.9 Å². The molecule has 0 rings (SSSR count). The van der Waals surface area contributed by atoms with Crippen LogP contribution >= 0.6 is 0 Å². The number of hydrogen-bond donors (Lipinski definition) is 4. The maximum Gasteiger partial charge on any atom is 0.336 e. The molecule has 0 aromatic heterocycles. The van der Waals surface area contributed by atoms with Crippen LogP contribution in [0.3, 0.4) is 0 Å². The van der Waals surface area contributed by atoms with Crippen molar-refractivity contribution in [1.82, 2.24) is 0 Å². The summed E-state index contributed by atoms with van der Waals surface area (Å²) in [5.74, 6) is -5.02. The Morgan fingerprint density at radius 3 is 1.33 bits per heavy atom. The van der Waals surface area contributed by atoms with Crippen molar-refractivity contribution in [3.05, 3.63) is 0 Å². The van der Waals surface area contributed by atoms with E-state index in [0.717, 1.165) is 0 Å². The second kappa shape index (κ2) is 7.80. The van der Waals surface area contributed by atoms with Gasteiger partial charge in [-0.2, -0.15) is 0 Å². The predicted octanol–water partition coefficient (Wildman–Crippen LogP) is -1.25. The number of aliphatic carboxylic acids is 3. The van der Waals surface area contributed by atoms with Crippen molar-refractivity contribution in [3.8, 4) is 0 Å². The predicted molar refractivity (Wildman–Crippen MR) is 37.1 cm³/mol. The van der Waals surface area contributed by atoms with E-state index in [9.17, 15) is 14.4 Å². The summed E-state index contributed by atoms with van der Waals surface area (Å²) in [4.78, 5) is 30.5. The van der Waals surface area contributed by atoms with Gasteiger partial charge in [0, 0.05) is 37.8 Å². The van der Waals surface area contributed by atoms with Crippen molar-refractivity contribution in [3.63, 3.8) is 0 Å². The molecular weight excluding hydrogens is 339 g/mol. The molecule has 7 nitrogen and oxygen atoms in total. The minimum Gasteiger partial charge on any atom is -0.481 e. The average Bonchev–Trinajstić information content (AvgIpc) is 1.82. The van der Waals surface area contributed by atoms with Gasteiger partial charge in [-0.1, -0.05) is 0 Å². The molecule has 0 aliphatic carbocycles. The third kappa shape index (κ3) is 7.49. The van der Waals surface area contributed by atoms with Gasteiger partial charge in [-0.15, -0.1) is 0 Å². The van der Waals surface area contributed by atoms with E-state index >= 15 is 0 Å². The van der Waals surface area contributed by atoms with E-state index in [1.54, 1.807) is 0 Å². The molecule has 4 N–H and O–H groups in total. The fourth-order valence-corrected chi connectivity index (χ4v) is 0.714. The number of rotatable bonds is 5. The van der Waals surface area contributed by atoms with Crippen molar-refractivity contribution in [2.24, 2.45) is 0 Å². The Hall–Kier alpha value is -0.435. The zero-order valence-electron chi connectivity index (χ0n) is 7.17. The van der Waals surface area contributed by atoms with E-state index in [4.69, 9.17) is 20.4 Å². The molecule has 0 fully saturated rings. The van der Waals surface area contributed by atoms with Crippen LogP contribution in [0.25, 0.3) is 0 Å². The van der Waals surface area contributed by atoms with Crippen LogP contribution in [0.1, 0.15) is 12.8 Å². The van der Waals surface area contributed by atoms with Gasteiger partial charge in [-0.3, -0.25) is 9.59 Å². The number of aliphatic hydroxyl groups is 1. The monoisotopic (exact) mass is 349 g/mol. The molecule has 0 aliphatic heterocycles. The van der Waals surface area contributed by atoms with E-state index in [2.05, 4.69) is 0 Å². The first-order valence-corrected chi connectivity index (χ1v) is 3.17. The Morgan fingerprint density at radius 2 is 1.20 bits per heavy atom. The molecular formula is C6H8CoMoO7. The number of carboxylic acid groups (broad SMARTS) is 3. The van der Waals surface area contributed by atoms with Gasteiger partial charge in [0.05, 0.1) is 12.8 Å². The summed E-state index contributed by atoms with van der Waals surface area (Å²) in [7, 11) is 0. The van der Waals surface area contributed by atoms with Gasteiger partial charge < -0.3 is 20.4 Å². The van der Waals surface area contributed by atoms with Crippen molar-refractivity contribution in [2.75, 3.05) is 0 Å². The molecule has 0 amide bonds. The van der Waals surface area contributed by atoms with E-state index in [1.165, 1.54) is 0 Å². The van der Waals surface area contributed by atoms with Gasteiger partial charge in [0.15, 0.2) is 5.60 Å². The van der Waals surface area contributed by atoms with E-state index < -0.39 is 36.4 Å². The van der Waals surface area contributed by atoms with Gasteiger partial charge in [0.25, 0.3) is 0 Å². The van der Waals surface area contributed by atoms with Crippen molar-refractivity contribution >= 4 is 17.9 Å². The number of carbonyl (C=O) groups is 3. The van der Waals surface area contributed by atoms with E-state index in [-0.39, 0.29) is 37.8 Å². The Morgan fingerprint density at radius 1 is 0.933 bits per heavy atom. The van der Waals surface area contributed by atoms with Crippen molar-refractivity contribution in [2.45, 2.75) is 18.4 Å². The number of carboxylic acids is 3. The normalized spacial score (nSPS) is 9.40. The third-order valence-electron chi connectivity index (χ3n) is 1.29. The van der Waals surface area contributed by atoms with Crippen LogP contribution in [0, 0.1) is 0 Å². The Bertz CT molecular complexity index is 238. The molecule has 0 saturated heterocycles. The smallest absolute Gasteiger partial charge is 0.336 e. The summed E-state index contributed by atoms with van der Waals surface area (Å²) < 4.78 is 0. The van der Waals surface area contributed by atoms with Crippen LogP contribution in [0.4, 0.5) is 0 Å². The second-order valence-corrected chi connectivity index (χ2v) is 2.48. The summed E-state index contributed by atoms with van der Waals surface area (Å²) in [6.07, 6.45) is -2.29. The summed E-state index contributed by atoms with van der Waals surface area (Å²) in [6.45, 7) is 0. The third-order valence-corrected chi connectivity index (χ3v) is 1.29. The summed E-state index contributed by atoms with van der Waals surface area (Å²) >= 11 is 0. The topological polar surface area (TPSA) is 132 Å². The fourth-order valence-electron chi connectivity index (χ4n) is 0.714. The molecule has 0 heterocycles. The van der Waals surface area contributed by atoms with Crippen LogP contribution < -0.4 is 0 Å². The van der Waals surface area contributed by atoms with Crippen LogP contribution in [0.15, 0.2) is 0 Å². The fraction of sp³-hybridized carbons (Fsp3) is 0.500. The van der Waals surface area contributed by atoms with Crippen LogP contribution in [0.2, 0.25) is 0 Å². The minimum atomic E-state index is -2.74. The minimum absolute atomic E-state index is 0. The SMILES string of the molecule is O=C(O)CC(O)(CC(=O)O)C(=O)O.[Co].[Mo]. The van der Waals surface area contributed by atoms with Crippen molar-refractivity contribution < 1.29 is 72.7 Å². The molecule has 0 aromatic rings. The standard InChI is InChI=1S/C6H8O7.Co.Mo/c7-3(8)1-6(13,5(11)12)2-4(9)10;;/h13H,1-2H2,(H,7,8)(H,9,10)(H,11,12);;. The van der Waals surface area contributed by atoms with Gasteiger partial charge in [0.1, 0.15) is 0 Å². The molecule has 0 atom stereocenters. The van der Waals surface area contributed by atoms with Crippen LogP contribution in [-0.4, -0.2) is 43.9 Å². The molecule has 1 radical (unpaired) electrons. The molecule has 0 unspecified atom stereocenters.